The van der Waals surface area contributed by atoms with Crippen LogP contribution in [0.4, 0.5) is 11.4 Å². The fourth-order valence-corrected chi connectivity index (χ4v) is 10.1. The van der Waals surface area contributed by atoms with Crippen LogP contribution in [0.1, 0.15) is 88.2 Å². The van der Waals surface area contributed by atoms with Crippen molar-refractivity contribution < 1.29 is 23.9 Å². The molecule has 6 aromatic carbocycles. The maximum absolute atomic E-state index is 13.2. The van der Waals surface area contributed by atoms with Crippen LogP contribution in [-0.4, -0.2) is 126 Å². The highest BCUT2D eigenvalue weighted by Gasteiger charge is 2.33. The molecule has 0 saturated carbocycles. The monoisotopic (exact) mass is 980 g/mol. The van der Waals surface area contributed by atoms with Gasteiger partial charge in [0.2, 0.25) is 0 Å². The fourth-order valence-electron chi connectivity index (χ4n) is 9.94. The number of aromatic nitrogens is 4. The van der Waals surface area contributed by atoms with E-state index in [-0.39, 0.29) is 23.1 Å². The van der Waals surface area contributed by atoms with E-state index in [9.17, 15) is 19.2 Å². The summed E-state index contributed by atoms with van der Waals surface area (Å²) in [7, 11) is 0. The van der Waals surface area contributed by atoms with E-state index in [2.05, 4.69) is 89.6 Å². The lowest BCUT2D eigenvalue weighted by Gasteiger charge is -2.36. The molecule has 2 aromatic heterocycles. The van der Waals surface area contributed by atoms with E-state index in [1.165, 1.54) is 24.2 Å². The highest BCUT2D eigenvalue weighted by Crippen LogP contribution is 2.33. The molecule has 13 nitrogen and oxygen atoms in total. The van der Waals surface area contributed by atoms with Crippen molar-refractivity contribution in [3.63, 3.8) is 0 Å². The van der Waals surface area contributed by atoms with E-state index in [4.69, 9.17) is 21.3 Å². The summed E-state index contributed by atoms with van der Waals surface area (Å²) in [5.74, 6) is 1.50. The minimum atomic E-state index is -0.153. The molecule has 3 N–H and O–H groups in total. The SMILES string of the molecule is C1CCOC1.O=C1c2ccccc2C(=O)c2c1ccc1[nH]c(CCCl)nc21.O=C1c2ccccc2C(=O)c2c1ccc1[nH]c(CCN3CCN(c4ccccc4)CC3)nc21.c1ccc(N2CCNCC2)cc1. The summed E-state index contributed by atoms with van der Waals surface area (Å²) in [6.07, 6.45) is 3.91. The molecule has 0 amide bonds. The van der Waals surface area contributed by atoms with Gasteiger partial charge >= 0.3 is 0 Å². The van der Waals surface area contributed by atoms with Crippen molar-refractivity contribution in [2.75, 3.05) is 87.8 Å². The number of nitrogens with one attached hydrogen (secondary N) is 3. The van der Waals surface area contributed by atoms with Crippen LogP contribution in [0.5, 0.6) is 0 Å². The number of para-hydroxylation sites is 2. The van der Waals surface area contributed by atoms with Gasteiger partial charge < -0.3 is 29.8 Å². The van der Waals surface area contributed by atoms with Gasteiger partial charge in [-0.3, -0.25) is 24.1 Å². The Morgan fingerprint density at radius 1 is 0.472 bits per heavy atom. The molecule has 14 heteroatoms. The van der Waals surface area contributed by atoms with Crippen molar-refractivity contribution in [2.24, 2.45) is 0 Å². The Balaban J connectivity index is 0.000000130. The molecule has 366 valence electrons. The number of anilines is 2. The molecule has 0 radical (unpaired) electrons. The lowest BCUT2D eigenvalue weighted by Crippen LogP contribution is -2.47. The Kier molecular flexibility index (Phi) is 15.1. The van der Waals surface area contributed by atoms with Crippen molar-refractivity contribution >= 4 is 68.2 Å². The topological polar surface area (TPSA) is 157 Å². The minimum Gasteiger partial charge on any atom is -0.381 e. The Labute approximate surface area is 423 Å². The molecule has 72 heavy (non-hydrogen) atoms. The second-order valence-corrected chi connectivity index (χ2v) is 18.7. The van der Waals surface area contributed by atoms with Gasteiger partial charge in [0.1, 0.15) is 22.7 Å². The van der Waals surface area contributed by atoms with Gasteiger partial charge in [-0.25, -0.2) is 9.97 Å². The van der Waals surface area contributed by atoms with Crippen LogP contribution in [0.25, 0.3) is 22.1 Å². The molecule has 5 aliphatic rings. The molecule has 0 spiro atoms. The quantitative estimate of drug-likeness (QED) is 0.131. The third-order valence-corrected chi connectivity index (χ3v) is 13.9. The predicted octanol–water partition coefficient (Wildman–Crippen LogP) is 8.72. The largest absolute Gasteiger partial charge is 0.381 e. The molecule has 8 aromatic rings. The molecule has 0 unspecified atom stereocenters. The summed E-state index contributed by atoms with van der Waals surface area (Å²) < 4.78 is 4.94. The number of halogens is 1. The number of alkyl halides is 1. The predicted molar refractivity (Wildman–Crippen MR) is 284 cm³/mol. The van der Waals surface area contributed by atoms with Gasteiger partial charge in [-0.15, -0.1) is 11.6 Å². The molecule has 5 heterocycles. The molecular formula is C58H57ClN8O5. The van der Waals surface area contributed by atoms with Crippen LogP contribution in [0, 0.1) is 0 Å². The summed E-state index contributed by atoms with van der Waals surface area (Å²) in [5, 5.41) is 3.34. The number of aryl methyl sites for hydroxylation is 1. The van der Waals surface area contributed by atoms with Crippen LogP contribution >= 0.6 is 11.6 Å². The minimum absolute atomic E-state index is 0.108. The first-order valence-corrected chi connectivity index (χ1v) is 25.5. The van der Waals surface area contributed by atoms with Crippen molar-refractivity contribution in [3.05, 3.63) is 190 Å². The zero-order chi connectivity index (χ0) is 49.4. The van der Waals surface area contributed by atoms with Crippen LogP contribution in [0.3, 0.4) is 0 Å². The smallest absolute Gasteiger partial charge is 0.196 e. The van der Waals surface area contributed by atoms with Gasteiger partial charge in [0.15, 0.2) is 23.1 Å². The van der Waals surface area contributed by atoms with Crippen LogP contribution in [-0.2, 0) is 17.6 Å². The van der Waals surface area contributed by atoms with Gasteiger partial charge in [-0.05, 0) is 61.4 Å². The molecule has 0 bridgehead atoms. The van der Waals surface area contributed by atoms with Crippen LogP contribution in [0.15, 0.2) is 133 Å². The van der Waals surface area contributed by atoms with Crippen LogP contribution in [0.2, 0.25) is 0 Å². The highest BCUT2D eigenvalue weighted by atomic mass is 35.5. The average molecular weight is 982 g/mol. The normalized spacial score (nSPS) is 16.1. The maximum Gasteiger partial charge on any atom is 0.196 e. The van der Waals surface area contributed by atoms with E-state index in [0.29, 0.717) is 67.8 Å². The summed E-state index contributed by atoms with van der Waals surface area (Å²) in [6.45, 7) is 11.4. The number of nitrogens with zero attached hydrogens (tertiary/aromatic N) is 5. The zero-order valence-corrected chi connectivity index (χ0v) is 40.9. The van der Waals surface area contributed by atoms with Gasteiger partial charge in [-0.1, -0.05) is 84.9 Å². The van der Waals surface area contributed by atoms with E-state index in [0.717, 1.165) is 101 Å². The summed E-state index contributed by atoms with van der Waals surface area (Å²) in [4.78, 5) is 74.6. The lowest BCUT2D eigenvalue weighted by atomic mass is 9.83. The number of ketones is 4. The van der Waals surface area contributed by atoms with Gasteiger partial charge in [0.25, 0.3) is 0 Å². The zero-order valence-electron chi connectivity index (χ0n) is 40.2. The standard InChI is InChI=1S/C27H24N4O2.C17H11ClN2O2.C10H14N2.C4H8O/c32-26-19-8-4-5-9-20(19)27(33)24-21(26)10-11-22-25(24)29-23(28-22)12-13-30-14-16-31(17-15-30)18-6-2-1-3-7-18;18-8-7-13-19-12-6-5-11-14(15(12)20-13)17(22)10-4-2-1-3-9(10)16(11)21;1-2-4-10(5-3-1)12-8-6-11-7-9-12;1-2-4-5-3-1/h1-11H,12-17H2,(H,28,29);1-6H,7-8H2,(H,19,20);1-5,11H,6-9H2;1-4H2. The Morgan fingerprint density at radius 2 is 0.903 bits per heavy atom. The number of benzene rings is 6. The van der Waals surface area contributed by atoms with Crippen molar-refractivity contribution in [2.45, 2.75) is 25.7 Å². The lowest BCUT2D eigenvalue weighted by molar-refractivity contribution is 0.0980. The number of aromatic amines is 2. The third-order valence-electron chi connectivity index (χ3n) is 13.7. The average Bonchev–Trinajstić information content (AvgIpc) is 4.26. The van der Waals surface area contributed by atoms with E-state index in [1.807, 2.05) is 12.1 Å². The van der Waals surface area contributed by atoms with Crippen LogP contribution < -0.4 is 15.1 Å². The molecule has 3 saturated heterocycles. The first kappa shape index (κ1) is 48.3. The Hall–Kier alpha value is -7.29. The number of H-pyrrole nitrogens is 2. The first-order valence-electron chi connectivity index (χ1n) is 24.9. The number of piperazine rings is 2. The van der Waals surface area contributed by atoms with Gasteiger partial charge in [0, 0.05) is 136 Å². The fraction of sp³-hybridized carbons (Fsp3) is 0.276. The number of carbonyl (C=O) groups excluding carboxylic acids is 4. The molecule has 13 rings (SSSR count). The maximum atomic E-state index is 13.2. The van der Waals surface area contributed by atoms with E-state index < -0.39 is 0 Å². The molecule has 2 aliphatic carbocycles. The number of hydrogen-bond donors (Lipinski definition) is 3. The summed E-state index contributed by atoms with van der Waals surface area (Å²) >= 11 is 5.74. The van der Waals surface area contributed by atoms with Gasteiger partial charge in [0.05, 0.1) is 22.2 Å². The van der Waals surface area contributed by atoms with Crippen molar-refractivity contribution in [1.82, 2.24) is 30.2 Å². The first-order chi connectivity index (χ1) is 35.4. The second-order valence-electron chi connectivity index (χ2n) is 18.3. The third kappa shape index (κ3) is 10.4. The number of rotatable bonds is 7. The Morgan fingerprint density at radius 3 is 1.35 bits per heavy atom. The molecule has 3 aliphatic heterocycles. The number of hydrogen-bond acceptors (Lipinski definition) is 11. The number of ether oxygens (including phenoxy) is 1. The summed E-state index contributed by atoms with van der Waals surface area (Å²) in [6, 6.07) is 42.1. The number of carbonyl (C=O) groups is 4. The second kappa shape index (κ2) is 22.4. The van der Waals surface area contributed by atoms with Gasteiger partial charge in [-0.2, -0.15) is 0 Å². The van der Waals surface area contributed by atoms with Crippen molar-refractivity contribution in [3.8, 4) is 0 Å². The highest BCUT2D eigenvalue weighted by molar-refractivity contribution is 6.32. The molecule has 0 atom stereocenters. The van der Waals surface area contributed by atoms with Crippen molar-refractivity contribution in [1.29, 1.82) is 0 Å². The Bertz CT molecular complexity index is 3220. The summed E-state index contributed by atoms with van der Waals surface area (Å²) in [5.41, 5.74) is 8.83. The molecule has 3 fully saturated rings. The van der Waals surface area contributed by atoms with E-state index in [1.54, 1.807) is 66.7 Å². The number of fused-ring (bicyclic) bond motifs is 8. The van der Waals surface area contributed by atoms with E-state index >= 15 is 0 Å². The number of imidazole rings is 2. The molecular weight excluding hydrogens is 924 g/mol.